The number of amides is 1. The molecule has 6 heteroatoms. The van der Waals surface area contributed by atoms with Crippen LogP contribution in [0.2, 0.25) is 0 Å². The zero-order valence-electron chi connectivity index (χ0n) is 15.4. The van der Waals surface area contributed by atoms with Crippen LogP contribution < -0.4 is 10.6 Å². The monoisotopic (exact) mass is 388 g/mol. The minimum absolute atomic E-state index is 0.100. The van der Waals surface area contributed by atoms with Crippen LogP contribution in [0.3, 0.4) is 0 Å². The van der Waals surface area contributed by atoms with Gasteiger partial charge in [0.05, 0.1) is 5.56 Å². The first-order valence-corrected chi connectivity index (χ1v) is 9.68. The summed E-state index contributed by atoms with van der Waals surface area (Å²) in [6, 6.07) is 12.0. The van der Waals surface area contributed by atoms with E-state index in [1.807, 2.05) is 0 Å². The van der Waals surface area contributed by atoms with Crippen LogP contribution in [0.25, 0.3) is 11.1 Å². The number of rotatable bonds is 4. The predicted octanol–water partition coefficient (Wildman–Crippen LogP) is 4.35. The third-order valence-corrected chi connectivity index (χ3v) is 6.12. The molecule has 1 amide bonds. The molecule has 2 N–H and O–H groups in total. The predicted molar refractivity (Wildman–Crippen MR) is 102 cm³/mol. The topological polar surface area (TPSA) is 41.1 Å². The number of fused-ring (bicyclic) bond motifs is 2. The normalized spacial score (nSPS) is 24.2. The molecule has 1 saturated carbocycles. The van der Waals surface area contributed by atoms with E-state index >= 15 is 0 Å². The lowest BCUT2D eigenvalue weighted by Gasteiger charge is -2.30. The van der Waals surface area contributed by atoms with Crippen molar-refractivity contribution in [2.45, 2.75) is 19.0 Å². The average Bonchev–Trinajstić information content (AvgIpc) is 2.91. The van der Waals surface area contributed by atoms with Gasteiger partial charge in [0, 0.05) is 12.1 Å². The first kappa shape index (κ1) is 19.0. The number of alkyl halides is 3. The quantitative estimate of drug-likeness (QED) is 0.818. The molecule has 0 radical (unpaired) electrons. The number of halogens is 3. The lowest BCUT2D eigenvalue weighted by atomic mass is 9.86. The first-order chi connectivity index (χ1) is 13.4. The largest absolute Gasteiger partial charge is 0.416 e. The molecule has 2 bridgehead atoms. The fourth-order valence-electron chi connectivity index (χ4n) is 4.51. The van der Waals surface area contributed by atoms with Gasteiger partial charge >= 0.3 is 6.18 Å². The van der Waals surface area contributed by atoms with Crippen molar-refractivity contribution in [3.63, 3.8) is 0 Å². The van der Waals surface area contributed by atoms with Crippen molar-refractivity contribution in [1.82, 2.24) is 10.6 Å². The van der Waals surface area contributed by atoms with Crippen molar-refractivity contribution >= 4 is 5.91 Å². The maximum absolute atomic E-state index is 12.7. The van der Waals surface area contributed by atoms with Gasteiger partial charge in [0.2, 0.25) is 0 Å². The number of benzene rings is 2. The molecule has 2 fully saturated rings. The maximum atomic E-state index is 12.7. The van der Waals surface area contributed by atoms with Crippen LogP contribution in [0.4, 0.5) is 13.2 Å². The molecule has 3 nitrogen and oxygen atoms in total. The fourth-order valence-corrected chi connectivity index (χ4v) is 4.51. The highest BCUT2D eigenvalue weighted by Gasteiger charge is 2.38. The summed E-state index contributed by atoms with van der Waals surface area (Å²) >= 11 is 0. The second kappa shape index (κ2) is 7.59. The van der Waals surface area contributed by atoms with Crippen LogP contribution in [-0.2, 0) is 6.18 Å². The number of hydrogen-bond donors (Lipinski definition) is 2. The van der Waals surface area contributed by atoms with Gasteiger partial charge < -0.3 is 10.6 Å². The second-order valence-electron chi connectivity index (χ2n) is 7.78. The molecule has 1 aliphatic carbocycles. The summed E-state index contributed by atoms with van der Waals surface area (Å²) in [4.78, 5) is 12.5. The van der Waals surface area contributed by atoms with Crippen molar-refractivity contribution in [2.75, 3.05) is 19.6 Å². The molecule has 148 valence electrons. The van der Waals surface area contributed by atoms with Crippen LogP contribution in [0, 0.1) is 17.8 Å². The van der Waals surface area contributed by atoms with Crippen molar-refractivity contribution in [3.8, 4) is 11.1 Å². The Morgan fingerprint density at radius 2 is 1.46 bits per heavy atom. The number of nitrogens with one attached hydrogen (secondary N) is 2. The van der Waals surface area contributed by atoms with Gasteiger partial charge in [-0.05, 0) is 79.1 Å². The van der Waals surface area contributed by atoms with Crippen molar-refractivity contribution in [1.29, 1.82) is 0 Å². The Morgan fingerprint density at radius 3 is 2.00 bits per heavy atom. The van der Waals surface area contributed by atoms with Gasteiger partial charge in [0.15, 0.2) is 0 Å². The molecule has 1 saturated heterocycles. The minimum atomic E-state index is -4.34. The molecule has 0 aromatic heterocycles. The summed E-state index contributed by atoms with van der Waals surface area (Å²) < 4.78 is 38.0. The van der Waals surface area contributed by atoms with Crippen LogP contribution in [0.1, 0.15) is 28.8 Å². The van der Waals surface area contributed by atoms with Gasteiger partial charge in [0.25, 0.3) is 5.91 Å². The van der Waals surface area contributed by atoms with Crippen molar-refractivity contribution < 1.29 is 18.0 Å². The summed E-state index contributed by atoms with van der Waals surface area (Å²) in [6.07, 6.45) is -1.87. The molecule has 2 aromatic carbocycles. The average molecular weight is 388 g/mol. The van der Waals surface area contributed by atoms with Crippen LogP contribution in [-0.4, -0.2) is 25.5 Å². The molecule has 1 heterocycles. The van der Waals surface area contributed by atoms with Crippen LogP contribution in [0.15, 0.2) is 48.5 Å². The lowest BCUT2D eigenvalue weighted by molar-refractivity contribution is -0.137. The number of piperidine rings is 1. The molecule has 2 aliphatic rings. The number of carbonyl (C=O) groups excluding carboxylic acids is 1. The van der Waals surface area contributed by atoms with E-state index in [9.17, 15) is 18.0 Å². The zero-order chi connectivity index (χ0) is 19.7. The summed E-state index contributed by atoms with van der Waals surface area (Å²) in [5.41, 5.74) is 1.36. The first-order valence-electron chi connectivity index (χ1n) is 9.68. The molecule has 0 spiro atoms. The highest BCUT2D eigenvalue weighted by atomic mass is 19.4. The van der Waals surface area contributed by atoms with E-state index in [0.717, 1.165) is 30.8 Å². The van der Waals surface area contributed by atoms with Gasteiger partial charge in [-0.25, -0.2) is 0 Å². The van der Waals surface area contributed by atoms with E-state index in [-0.39, 0.29) is 5.91 Å². The smallest absolute Gasteiger partial charge is 0.352 e. The Hall–Kier alpha value is -2.34. The molecular weight excluding hydrogens is 365 g/mol. The fraction of sp³-hybridized carbons (Fsp3) is 0.409. The molecule has 2 aromatic rings. The summed E-state index contributed by atoms with van der Waals surface area (Å²) in [7, 11) is 0. The van der Waals surface area contributed by atoms with E-state index in [1.54, 1.807) is 24.3 Å². The highest BCUT2D eigenvalue weighted by Crippen LogP contribution is 2.38. The van der Waals surface area contributed by atoms with E-state index < -0.39 is 11.7 Å². The third kappa shape index (κ3) is 3.92. The summed E-state index contributed by atoms with van der Waals surface area (Å²) in [6.45, 7) is 2.79. The molecule has 2 unspecified atom stereocenters. The maximum Gasteiger partial charge on any atom is 0.416 e. The minimum Gasteiger partial charge on any atom is -0.352 e. The SMILES string of the molecule is O=C(NCC1C2CCC1CNC2)c1ccc(-c2ccc(C(F)(F)F)cc2)cc1. The Labute approximate surface area is 162 Å². The molecule has 28 heavy (non-hydrogen) atoms. The molecule has 4 rings (SSSR count). The lowest BCUT2D eigenvalue weighted by Crippen LogP contribution is -2.43. The Kier molecular flexibility index (Phi) is 5.15. The van der Waals surface area contributed by atoms with Gasteiger partial charge in [-0.3, -0.25) is 4.79 Å². The zero-order valence-corrected chi connectivity index (χ0v) is 15.4. The van der Waals surface area contributed by atoms with E-state index in [4.69, 9.17) is 0 Å². The van der Waals surface area contributed by atoms with Gasteiger partial charge in [0.1, 0.15) is 0 Å². The summed E-state index contributed by atoms with van der Waals surface area (Å²) in [5, 5.41) is 6.52. The molecular formula is C22H23F3N2O. The molecule has 2 atom stereocenters. The van der Waals surface area contributed by atoms with Gasteiger partial charge in [-0.1, -0.05) is 24.3 Å². The standard InChI is InChI=1S/C22H23F3N2O/c23-22(24,25)19-9-7-15(8-10-19)14-1-3-16(4-2-14)21(28)27-13-20-17-5-6-18(20)12-26-11-17/h1-4,7-10,17-18,20,26H,5-6,11-13H2,(H,27,28). The number of hydrogen-bond acceptors (Lipinski definition) is 2. The Morgan fingerprint density at radius 1 is 0.929 bits per heavy atom. The van der Waals surface area contributed by atoms with Gasteiger partial charge in [-0.2, -0.15) is 13.2 Å². The van der Waals surface area contributed by atoms with Crippen molar-refractivity contribution in [2.24, 2.45) is 17.8 Å². The summed E-state index contributed by atoms with van der Waals surface area (Å²) in [5.74, 6) is 1.76. The van der Waals surface area contributed by atoms with Gasteiger partial charge in [-0.15, -0.1) is 0 Å². The highest BCUT2D eigenvalue weighted by molar-refractivity contribution is 5.94. The Balaban J connectivity index is 1.38. The van der Waals surface area contributed by atoms with Crippen LogP contribution >= 0.6 is 0 Å². The van der Waals surface area contributed by atoms with Crippen LogP contribution in [0.5, 0.6) is 0 Å². The number of carbonyl (C=O) groups is 1. The second-order valence-corrected chi connectivity index (χ2v) is 7.78. The van der Waals surface area contributed by atoms with E-state index in [0.29, 0.717) is 35.4 Å². The molecule has 1 aliphatic heterocycles. The van der Waals surface area contributed by atoms with Crippen molar-refractivity contribution in [3.05, 3.63) is 59.7 Å². The van der Waals surface area contributed by atoms with E-state index in [1.165, 1.54) is 25.0 Å². The third-order valence-electron chi connectivity index (χ3n) is 6.12. The Bertz CT molecular complexity index is 814. The van der Waals surface area contributed by atoms with E-state index in [2.05, 4.69) is 10.6 Å².